The number of carbonyl (C=O) groups is 1. The Labute approximate surface area is 110 Å². The summed E-state index contributed by atoms with van der Waals surface area (Å²) in [6.07, 6.45) is 3.14. The number of pyridine rings is 2. The van der Waals surface area contributed by atoms with Crippen LogP contribution >= 0.6 is 0 Å². The number of anilines is 2. The molecule has 5 N–H and O–H groups in total. The Morgan fingerprint density at radius 2 is 2.21 bits per heavy atom. The first kappa shape index (κ1) is 12.8. The van der Waals surface area contributed by atoms with E-state index in [9.17, 15) is 4.79 Å². The predicted octanol–water partition coefficient (Wildman–Crippen LogP) is 1.08. The molecule has 0 atom stereocenters. The van der Waals surface area contributed by atoms with E-state index in [1.165, 1.54) is 12.3 Å². The van der Waals surface area contributed by atoms with Crippen LogP contribution in [-0.2, 0) is 6.54 Å². The molecule has 0 aliphatic carbocycles. The highest BCUT2D eigenvalue weighted by Crippen LogP contribution is 2.15. The van der Waals surface area contributed by atoms with Gasteiger partial charge in [0.2, 0.25) is 0 Å². The highest BCUT2D eigenvalue weighted by atomic mass is 16.1. The molecule has 0 saturated carbocycles. The molecule has 6 heteroatoms. The number of hydrogen-bond donors (Lipinski definition) is 3. The predicted molar refractivity (Wildman–Crippen MR) is 73.5 cm³/mol. The van der Waals surface area contributed by atoms with Crippen LogP contribution in [0.15, 0.2) is 30.6 Å². The van der Waals surface area contributed by atoms with Crippen molar-refractivity contribution in [1.82, 2.24) is 9.97 Å². The molecule has 2 aromatic heterocycles. The van der Waals surface area contributed by atoms with Gasteiger partial charge in [-0.3, -0.25) is 9.78 Å². The molecule has 0 aliphatic heterocycles. The lowest BCUT2D eigenvalue weighted by atomic mass is 10.2. The summed E-state index contributed by atoms with van der Waals surface area (Å²) in [5.41, 5.74) is 13.4. The van der Waals surface area contributed by atoms with Crippen molar-refractivity contribution in [3.63, 3.8) is 0 Å². The maximum absolute atomic E-state index is 11.2. The van der Waals surface area contributed by atoms with E-state index < -0.39 is 5.91 Å². The van der Waals surface area contributed by atoms with Crippen molar-refractivity contribution in [2.24, 2.45) is 5.73 Å². The normalized spacial score (nSPS) is 10.2. The number of rotatable bonds is 4. The fraction of sp³-hybridized carbons (Fsp3) is 0.154. The zero-order valence-electron chi connectivity index (χ0n) is 10.6. The lowest BCUT2D eigenvalue weighted by Gasteiger charge is -2.09. The molecule has 0 unspecified atom stereocenters. The number of aryl methyl sites for hydroxylation is 1. The Morgan fingerprint density at radius 1 is 1.42 bits per heavy atom. The standard InChI is InChI=1S/C13H15N5O/c1-8-3-2-4-16-11(8)7-18-12-5-9(13(15)19)10(14)6-17-12/h2-6H,7,14H2,1H3,(H2,15,19)(H,17,18). The van der Waals surface area contributed by atoms with Gasteiger partial charge in [0.25, 0.3) is 5.91 Å². The van der Waals surface area contributed by atoms with Crippen LogP contribution in [0, 0.1) is 6.92 Å². The van der Waals surface area contributed by atoms with E-state index in [1.807, 2.05) is 19.1 Å². The second kappa shape index (κ2) is 5.34. The minimum absolute atomic E-state index is 0.259. The molecule has 98 valence electrons. The van der Waals surface area contributed by atoms with Crippen LogP contribution in [0.1, 0.15) is 21.6 Å². The lowest BCUT2D eigenvalue weighted by molar-refractivity contribution is 0.100. The van der Waals surface area contributed by atoms with Crippen LogP contribution in [0.2, 0.25) is 0 Å². The van der Waals surface area contributed by atoms with Gasteiger partial charge in [0.05, 0.1) is 29.7 Å². The molecule has 0 fully saturated rings. The van der Waals surface area contributed by atoms with Gasteiger partial charge in [0.15, 0.2) is 0 Å². The number of nitrogens with zero attached hydrogens (tertiary/aromatic N) is 2. The highest BCUT2D eigenvalue weighted by molar-refractivity contribution is 5.98. The average Bonchev–Trinajstić information content (AvgIpc) is 2.39. The number of amides is 1. The number of primary amides is 1. The number of hydrogen-bond acceptors (Lipinski definition) is 5. The number of nitrogen functional groups attached to an aromatic ring is 1. The fourth-order valence-electron chi connectivity index (χ4n) is 1.65. The minimum Gasteiger partial charge on any atom is -0.397 e. The highest BCUT2D eigenvalue weighted by Gasteiger charge is 2.08. The molecule has 0 spiro atoms. The average molecular weight is 257 g/mol. The van der Waals surface area contributed by atoms with Crippen LogP contribution in [-0.4, -0.2) is 15.9 Å². The number of nitrogens with two attached hydrogens (primary N) is 2. The van der Waals surface area contributed by atoms with Gasteiger partial charge in [0.1, 0.15) is 5.82 Å². The first-order valence-corrected chi connectivity index (χ1v) is 5.77. The van der Waals surface area contributed by atoms with Gasteiger partial charge in [0, 0.05) is 6.20 Å². The third kappa shape index (κ3) is 2.98. The van der Waals surface area contributed by atoms with Crippen molar-refractivity contribution in [3.05, 3.63) is 47.4 Å². The minimum atomic E-state index is -0.572. The van der Waals surface area contributed by atoms with Crippen molar-refractivity contribution in [3.8, 4) is 0 Å². The largest absolute Gasteiger partial charge is 0.397 e. The summed E-state index contributed by atoms with van der Waals surface area (Å²) < 4.78 is 0. The molecule has 19 heavy (non-hydrogen) atoms. The SMILES string of the molecule is Cc1cccnc1CNc1cc(C(N)=O)c(N)cn1. The summed E-state index contributed by atoms with van der Waals surface area (Å²) in [6.45, 7) is 2.50. The fourth-order valence-corrected chi connectivity index (χ4v) is 1.65. The maximum Gasteiger partial charge on any atom is 0.250 e. The first-order valence-electron chi connectivity index (χ1n) is 5.77. The summed E-state index contributed by atoms with van der Waals surface area (Å²) >= 11 is 0. The van der Waals surface area contributed by atoms with Crippen LogP contribution in [0.25, 0.3) is 0 Å². The summed E-state index contributed by atoms with van der Waals surface area (Å²) in [7, 11) is 0. The van der Waals surface area contributed by atoms with Gasteiger partial charge >= 0.3 is 0 Å². The van der Waals surface area contributed by atoms with Gasteiger partial charge in [-0.2, -0.15) is 0 Å². The Hall–Kier alpha value is -2.63. The van der Waals surface area contributed by atoms with E-state index >= 15 is 0 Å². The second-order valence-corrected chi connectivity index (χ2v) is 4.14. The van der Waals surface area contributed by atoms with Crippen molar-refractivity contribution < 1.29 is 4.79 Å². The van der Waals surface area contributed by atoms with Crippen molar-refractivity contribution in [2.45, 2.75) is 13.5 Å². The third-order valence-electron chi connectivity index (χ3n) is 2.76. The third-order valence-corrected chi connectivity index (χ3v) is 2.76. The summed E-state index contributed by atoms with van der Waals surface area (Å²) in [5, 5.41) is 3.09. The lowest BCUT2D eigenvalue weighted by Crippen LogP contribution is -2.15. The molecule has 0 aromatic carbocycles. The van der Waals surface area contributed by atoms with E-state index in [1.54, 1.807) is 6.20 Å². The molecule has 6 nitrogen and oxygen atoms in total. The van der Waals surface area contributed by atoms with Gasteiger partial charge in [-0.25, -0.2) is 4.98 Å². The summed E-state index contributed by atoms with van der Waals surface area (Å²) in [5.74, 6) is -0.0370. The van der Waals surface area contributed by atoms with Gasteiger partial charge in [-0.05, 0) is 24.6 Å². The number of nitrogens with one attached hydrogen (secondary N) is 1. The topological polar surface area (TPSA) is 107 Å². The molecule has 0 radical (unpaired) electrons. The molecular weight excluding hydrogens is 242 g/mol. The summed E-state index contributed by atoms with van der Waals surface area (Å²) in [6, 6.07) is 5.40. The molecule has 2 heterocycles. The number of aromatic nitrogens is 2. The maximum atomic E-state index is 11.2. The van der Waals surface area contributed by atoms with Crippen molar-refractivity contribution in [2.75, 3.05) is 11.1 Å². The monoisotopic (exact) mass is 257 g/mol. The Morgan fingerprint density at radius 3 is 2.89 bits per heavy atom. The smallest absolute Gasteiger partial charge is 0.250 e. The van der Waals surface area contributed by atoms with E-state index in [4.69, 9.17) is 11.5 Å². The Balaban J connectivity index is 2.14. The van der Waals surface area contributed by atoms with Crippen molar-refractivity contribution >= 4 is 17.4 Å². The van der Waals surface area contributed by atoms with Gasteiger partial charge in [-0.1, -0.05) is 6.07 Å². The van der Waals surface area contributed by atoms with Crippen molar-refractivity contribution in [1.29, 1.82) is 0 Å². The van der Waals surface area contributed by atoms with Crippen LogP contribution in [0.5, 0.6) is 0 Å². The van der Waals surface area contributed by atoms with Crippen LogP contribution in [0.3, 0.4) is 0 Å². The molecule has 0 aliphatic rings. The van der Waals surface area contributed by atoms with E-state index in [0.29, 0.717) is 12.4 Å². The van der Waals surface area contributed by atoms with E-state index in [-0.39, 0.29) is 11.3 Å². The first-order chi connectivity index (χ1) is 9.08. The second-order valence-electron chi connectivity index (χ2n) is 4.14. The van der Waals surface area contributed by atoms with Crippen LogP contribution < -0.4 is 16.8 Å². The molecule has 1 amide bonds. The molecular formula is C13H15N5O. The van der Waals surface area contributed by atoms with E-state index in [2.05, 4.69) is 15.3 Å². The quantitative estimate of drug-likeness (QED) is 0.759. The van der Waals surface area contributed by atoms with Gasteiger partial charge < -0.3 is 16.8 Å². The van der Waals surface area contributed by atoms with Gasteiger partial charge in [-0.15, -0.1) is 0 Å². The van der Waals surface area contributed by atoms with Crippen LogP contribution in [0.4, 0.5) is 11.5 Å². The van der Waals surface area contributed by atoms with E-state index in [0.717, 1.165) is 11.3 Å². The zero-order chi connectivity index (χ0) is 13.8. The molecule has 2 rings (SSSR count). The zero-order valence-corrected chi connectivity index (χ0v) is 10.6. The Kier molecular flexibility index (Phi) is 3.61. The molecule has 2 aromatic rings. The summed E-state index contributed by atoms with van der Waals surface area (Å²) in [4.78, 5) is 19.5. The Bertz CT molecular complexity index is 612. The number of carbonyl (C=O) groups excluding carboxylic acids is 1. The molecule has 0 saturated heterocycles. The molecule has 0 bridgehead atoms.